The summed E-state index contributed by atoms with van der Waals surface area (Å²) in [4.78, 5) is 55.6. The zero-order chi connectivity index (χ0) is 42.4. The Bertz CT molecular complexity index is 2050. The van der Waals surface area contributed by atoms with Crippen LogP contribution in [0.4, 0.5) is 0 Å². The molecule has 17 heteroatoms. The number of benzene rings is 2. The number of aliphatic hydroxyl groups is 1. The van der Waals surface area contributed by atoms with Gasteiger partial charge in [0.05, 0.1) is 48.3 Å². The maximum Gasteiger partial charge on any atom is 0.316 e. The Hall–Kier alpha value is -4.04. The summed E-state index contributed by atoms with van der Waals surface area (Å²) in [7, 11) is 4.93. The smallest absolute Gasteiger partial charge is 0.316 e. The molecule has 14 atom stereocenters. The number of likely N-dealkylation sites (N-methyl/N-ethyl adjacent to an activating group) is 1. The molecule has 4 heterocycles. The lowest BCUT2D eigenvalue weighted by Crippen LogP contribution is -2.62. The molecule has 2 aromatic rings. The van der Waals surface area contributed by atoms with Gasteiger partial charge in [0.1, 0.15) is 47.6 Å². The molecule has 0 bridgehead atoms. The van der Waals surface area contributed by atoms with Gasteiger partial charge in [-0.3, -0.25) is 19.2 Å². The highest BCUT2D eigenvalue weighted by Crippen LogP contribution is 2.54. The summed E-state index contributed by atoms with van der Waals surface area (Å²) in [6.07, 6.45) is -6.43. The molecule has 0 spiro atoms. The average Bonchev–Trinajstić information content (AvgIpc) is 3.17. The molecule has 4 N–H and O–H groups in total. The number of carbonyl (C=O) groups excluding carboxylic acids is 4. The highest BCUT2D eigenvalue weighted by Gasteiger charge is 2.54. The molecule has 4 saturated heterocycles. The second kappa shape index (κ2) is 15.5. The van der Waals surface area contributed by atoms with Gasteiger partial charge in [-0.05, 0) is 59.0 Å². The van der Waals surface area contributed by atoms with E-state index in [1.807, 2.05) is 32.8 Å². The van der Waals surface area contributed by atoms with Gasteiger partial charge in [0.2, 0.25) is 5.78 Å². The second-order valence-corrected chi connectivity index (χ2v) is 16.7. The summed E-state index contributed by atoms with van der Waals surface area (Å²) in [5.74, 6) is -5.70. The number of phenols is 3. The molecule has 11 unspecified atom stereocenters. The highest BCUT2D eigenvalue weighted by atomic mass is 16.8. The van der Waals surface area contributed by atoms with E-state index in [0.29, 0.717) is 6.42 Å². The van der Waals surface area contributed by atoms with Gasteiger partial charge in [-0.15, -0.1) is 0 Å². The molecule has 59 heavy (non-hydrogen) atoms. The molecular formula is C42H51NO16. The average molecular weight is 826 g/mol. The lowest BCUT2D eigenvalue weighted by molar-refractivity contribution is -0.371. The Balaban J connectivity index is 1.07. The van der Waals surface area contributed by atoms with Crippen LogP contribution in [0.3, 0.4) is 0 Å². The minimum Gasteiger partial charge on any atom is -0.508 e. The van der Waals surface area contributed by atoms with E-state index in [2.05, 4.69) is 0 Å². The van der Waals surface area contributed by atoms with E-state index in [9.17, 15) is 39.6 Å². The first-order chi connectivity index (χ1) is 27.9. The first-order valence-electron chi connectivity index (χ1n) is 20.1. The van der Waals surface area contributed by atoms with Gasteiger partial charge in [0.25, 0.3) is 0 Å². The number of ether oxygens (including phenoxy) is 8. The van der Waals surface area contributed by atoms with Crippen LogP contribution in [0.5, 0.6) is 17.2 Å². The number of rotatable bonds is 7. The molecule has 17 nitrogen and oxygen atoms in total. The monoisotopic (exact) mass is 825 g/mol. The first-order valence-corrected chi connectivity index (χ1v) is 20.1. The molecule has 0 aromatic heterocycles. The molecule has 8 rings (SSSR count). The Labute approximate surface area is 340 Å². The number of hydrogen-bond acceptors (Lipinski definition) is 17. The number of nitrogens with zero attached hydrogens (tertiary/aromatic N) is 1. The van der Waals surface area contributed by atoms with Crippen LogP contribution in [0.25, 0.3) is 0 Å². The Morgan fingerprint density at radius 3 is 2.25 bits per heavy atom. The molecule has 0 saturated carbocycles. The van der Waals surface area contributed by atoms with Crippen LogP contribution in [0.1, 0.15) is 115 Å². The summed E-state index contributed by atoms with van der Waals surface area (Å²) >= 11 is 0. The number of hydrogen-bond donors (Lipinski definition) is 4. The van der Waals surface area contributed by atoms with Gasteiger partial charge < -0.3 is 63.2 Å². The van der Waals surface area contributed by atoms with E-state index in [-0.39, 0.29) is 59.8 Å². The topological polar surface area (TPSA) is 226 Å². The Kier molecular flexibility index (Phi) is 10.9. The van der Waals surface area contributed by atoms with Crippen molar-refractivity contribution in [3.05, 3.63) is 51.6 Å². The summed E-state index contributed by atoms with van der Waals surface area (Å²) in [6, 6.07) is 2.92. The predicted molar refractivity (Wildman–Crippen MR) is 201 cm³/mol. The molecule has 2 aliphatic carbocycles. The van der Waals surface area contributed by atoms with Crippen LogP contribution in [-0.2, 0) is 47.5 Å². The van der Waals surface area contributed by atoms with Crippen molar-refractivity contribution >= 4 is 23.3 Å². The SMILES string of the molecule is CC[C@@]1(O)C[C@H](OC2CC(N(C)C)C(OC3CC4OC5CC(=O)C(C)OC5OC4C(C)O3)C(C)O2)c2c(cc3c(c2O)C(=O)c2c(O)cc(O)cc2C3=O)[C@H]1C(=O)OC. The predicted octanol–water partition coefficient (Wildman–Crippen LogP) is 2.88. The molecule has 0 radical (unpaired) electrons. The van der Waals surface area contributed by atoms with Gasteiger partial charge >= 0.3 is 5.97 Å². The third-order valence-corrected chi connectivity index (χ3v) is 12.9. The number of Topliss-reactive ketones (excluding diaryl/α,β-unsaturated/α-hetero) is 1. The van der Waals surface area contributed by atoms with Gasteiger partial charge in [-0.2, -0.15) is 0 Å². The number of esters is 1. The lowest BCUT2D eigenvalue weighted by atomic mass is 9.67. The number of aromatic hydroxyl groups is 3. The van der Waals surface area contributed by atoms with E-state index < -0.39 is 125 Å². The Morgan fingerprint density at radius 2 is 1.56 bits per heavy atom. The third-order valence-electron chi connectivity index (χ3n) is 12.9. The van der Waals surface area contributed by atoms with Gasteiger partial charge in [-0.1, -0.05) is 6.92 Å². The molecular weight excluding hydrogens is 774 g/mol. The fourth-order valence-electron chi connectivity index (χ4n) is 9.77. The van der Waals surface area contributed by atoms with Crippen molar-refractivity contribution < 1.29 is 77.5 Å². The summed E-state index contributed by atoms with van der Waals surface area (Å²) in [6.45, 7) is 7.07. The van der Waals surface area contributed by atoms with E-state index in [1.54, 1.807) is 13.8 Å². The number of fused-ring (bicyclic) bond motifs is 5. The second-order valence-electron chi connectivity index (χ2n) is 16.7. The van der Waals surface area contributed by atoms with Crippen molar-refractivity contribution in [1.82, 2.24) is 4.90 Å². The van der Waals surface area contributed by atoms with Crippen molar-refractivity contribution in [3.8, 4) is 17.2 Å². The highest BCUT2D eigenvalue weighted by molar-refractivity contribution is 6.30. The summed E-state index contributed by atoms with van der Waals surface area (Å²) in [5.41, 5.74) is -3.15. The molecule has 4 aliphatic heterocycles. The third kappa shape index (κ3) is 7.03. The van der Waals surface area contributed by atoms with Crippen molar-refractivity contribution in [2.24, 2.45) is 0 Å². The minimum atomic E-state index is -1.79. The molecule has 320 valence electrons. The van der Waals surface area contributed by atoms with Crippen LogP contribution in [0, 0.1) is 0 Å². The van der Waals surface area contributed by atoms with Crippen LogP contribution >= 0.6 is 0 Å². The molecule has 6 aliphatic rings. The zero-order valence-corrected chi connectivity index (χ0v) is 33.9. The number of ketones is 3. The fraction of sp³-hybridized carbons (Fsp3) is 0.619. The minimum absolute atomic E-state index is 0.00761. The van der Waals surface area contributed by atoms with Crippen LogP contribution < -0.4 is 0 Å². The van der Waals surface area contributed by atoms with E-state index in [4.69, 9.17) is 37.9 Å². The largest absolute Gasteiger partial charge is 0.508 e. The summed E-state index contributed by atoms with van der Waals surface area (Å²) in [5, 5.41) is 44.9. The zero-order valence-electron chi connectivity index (χ0n) is 33.9. The van der Waals surface area contributed by atoms with Crippen LogP contribution in [-0.4, -0.2) is 143 Å². The first kappa shape index (κ1) is 41.7. The van der Waals surface area contributed by atoms with E-state index >= 15 is 0 Å². The van der Waals surface area contributed by atoms with Crippen molar-refractivity contribution in [1.29, 1.82) is 0 Å². The molecule has 0 amide bonds. The van der Waals surface area contributed by atoms with Gasteiger partial charge in [0, 0.05) is 54.5 Å². The van der Waals surface area contributed by atoms with Crippen molar-refractivity contribution in [2.45, 2.75) is 145 Å². The van der Waals surface area contributed by atoms with Crippen molar-refractivity contribution in [2.75, 3.05) is 21.2 Å². The van der Waals surface area contributed by atoms with Crippen molar-refractivity contribution in [3.63, 3.8) is 0 Å². The standard InChI is InChI=1S/C42H51NO16/c1-8-42(51)15-28(32-20(34(42)40(50)52-7)11-22-33(37(32)49)36(48)31-21(35(22)47)9-19(44)10-25(31)46)57-29-12-23(43(5)6)38(17(3)53-29)58-30-14-26-39(18(4)54-30)59-41-27(56-26)13-24(45)16(2)55-41/h9-11,16-18,23,26-30,34,38-39,41,44,46,49,51H,8,12-15H2,1-7H3/t16?,17?,18?,23?,26?,27?,28-,29?,30?,34-,38?,39?,41?,42+/m0/s1. The summed E-state index contributed by atoms with van der Waals surface area (Å²) < 4.78 is 49.5. The molecule has 4 fully saturated rings. The number of phenolic OH excluding ortho intramolecular Hbond substituents is 3. The maximum atomic E-state index is 14.0. The fourth-order valence-corrected chi connectivity index (χ4v) is 9.77. The van der Waals surface area contributed by atoms with E-state index in [0.717, 1.165) is 19.2 Å². The van der Waals surface area contributed by atoms with Gasteiger partial charge in [-0.25, -0.2) is 0 Å². The van der Waals surface area contributed by atoms with Crippen LogP contribution in [0.15, 0.2) is 18.2 Å². The van der Waals surface area contributed by atoms with E-state index in [1.165, 1.54) is 6.07 Å². The number of carbonyl (C=O) groups is 4. The van der Waals surface area contributed by atoms with Gasteiger partial charge in [0.15, 0.2) is 30.4 Å². The Morgan fingerprint density at radius 1 is 0.864 bits per heavy atom. The quantitative estimate of drug-likeness (QED) is 0.251. The lowest BCUT2D eigenvalue weighted by Gasteiger charge is -2.51. The van der Waals surface area contributed by atoms with Crippen LogP contribution in [0.2, 0.25) is 0 Å². The normalized spacial score (nSPS) is 37.8. The maximum absolute atomic E-state index is 14.0. The molecule has 2 aromatic carbocycles. The number of methoxy groups -OCH3 is 1.